The molecule has 1 saturated heterocycles. The van der Waals surface area contributed by atoms with Gasteiger partial charge < -0.3 is 19.9 Å². The number of carbonyl (C=O) groups excluding carboxylic acids is 1. The lowest BCUT2D eigenvalue weighted by molar-refractivity contribution is 0.0935. The number of hydrogen-bond donors (Lipinski definition) is 2. The zero-order valence-corrected chi connectivity index (χ0v) is 17.8. The summed E-state index contributed by atoms with van der Waals surface area (Å²) in [4.78, 5) is 15.0. The average Bonchev–Trinajstić information content (AvgIpc) is 3.17. The molecule has 2 N–H and O–H groups in total. The van der Waals surface area contributed by atoms with Gasteiger partial charge in [0.15, 0.2) is 0 Å². The molecule has 2 aromatic rings. The molecule has 0 aromatic heterocycles. The van der Waals surface area contributed by atoms with Crippen molar-refractivity contribution in [1.29, 1.82) is 0 Å². The maximum absolute atomic E-state index is 12.6. The molecule has 1 amide bonds. The molecule has 1 heterocycles. The van der Waals surface area contributed by atoms with Crippen molar-refractivity contribution in [3.05, 3.63) is 52.6 Å². The Hall–Kier alpha value is -2.73. The molecule has 1 fully saturated rings. The Morgan fingerprint density at radius 3 is 2.62 bits per heavy atom. The lowest BCUT2D eigenvalue weighted by Crippen LogP contribution is -2.37. The quantitative estimate of drug-likeness (QED) is 0.778. The Bertz CT molecular complexity index is 897. The van der Waals surface area contributed by atoms with E-state index in [2.05, 4.69) is 37.1 Å². The number of hydrogen-bond acceptors (Lipinski definition) is 5. The van der Waals surface area contributed by atoms with Crippen molar-refractivity contribution in [2.75, 3.05) is 27.3 Å². The van der Waals surface area contributed by atoms with Crippen LogP contribution in [0.15, 0.2) is 30.3 Å². The Labute approximate surface area is 172 Å². The van der Waals surface area contributed by atoms with E-state index in [1.54, 1.807) is 13.2 Å². The van der Waals surface area contributed by atoms with E-state index in [1.807, 2.05) is 6.07 Å². The molecule has 3 rings (SSSR count). The third-order valence-electron chi connectivity index (χ3n) is 5.94. The molecule has 1 unspecified atom stereocenters. The molecule has 29 heavy (non-hydrogen) atoms. The van der Waals surface area contributed by atoms with Crippen molar-refractivity contribution in [2.45, 2.75) is 39.3 Å². The number of benzene rings is 2. The molecule has 156 valence electrons. The summed E-state index contributed by atoms with van der Waals surface area (Å²) >= 11 is 0. The summed E-state index contributed by atoms with van der Waals surface area (Å²) in [5.41, 5.74) is 4.10. The van der Waals surface area contributed by atoms with E-state index in [9.17, 15) is 9.90 Å². The molecule has 0 saturated carbocycles. The van der Waals surface area contributed by atoms with Crippen molar-refractivity contribution in [2.24, 2.45) is 0 Å². The van der Waals surface area contributed by atoms with Gasteiger partial charge in [-0.3, -0.25) is 9.69 Å². The number of nitrogens with zero attached hydrogens (tertiary/aromatic N) is 1. The Morgan fingerprint density at radius 1 is 1.17 bits per heavy atom. The van der Waals surface area contributed by atoms with Crippen molar-refractivity contribution < 1.29 is 19.4 Å². The first-order valence-electron chi connectivity index (χ1n) is 9.91. The Kier molecular flexibility index (Phi) is 6.33. The number of ether oxygens (including phenoxy) is 2. The van der Waals surface area contributed by atoms with Crippen molar-refractivity contribution in [3.63, 3.8) is 0 Å². The average molecular weight is 399 g/mol. The number of phenols is 1. The minimum atomic E-state index is -0.199. The van der Waals surface area contributed by atoms with E-state index < -0.39 is 0 Å². The fourth-order valence-electron chi connectivity index (χ4n) is 4.05. The summed E-state index contributed by atoms with van der Waals surface area (Å²) < 4.78 is 10.6. The van der Waals surface area contributed by atoms with Crippen LogP contribution >= 0.6 is 0 Å². The lowest BCUT2D eigenvalue weighted by Gasteiger charge is -2.27. The van der Waals surface area contributed by atoms with E-state index >= 15 is 0 Å². The van der Waals surface area contributed by atoms with E-state index in [0.717, 1.165) is 25.3 Å². The molecule has 0 aliphatic carbocycles. The molecule has 6 heteroatoms. The summed E-state index contributed by atoms with van der Waals surface area (Å²) in [7, 11) is 3.20. The smallest absolute Gasteiger partial charge is 0.251 e. The maximum Gasteiger partial charge on any atom is 0.251 e. The van der Waals surface area contributed by atoms with Gasteiger partial charge in [-0.05, 0) is 62.1 Å². The standard InChI is InChI=1S/C23H30N2O4/c1-14-15(2)22(29-5)7-6-21(14)16(3)25-9-8-18(13-25)24-23(27)17-10-19(26)12-20(11-17)28-4/h6-7,10-12,16,18,26H,8-9,13H2,1-5H3,(H,24,27)/t16?,18-/m1/s1. The number of nitrogens with one attached hydrogen (secondary N) is 1. The SMILES string of the molecule is COc1cc(O)cc(C(=O)N[C@@H]2CCN(C(C)c3ccc(OC)c(C)c3C)C2)c1. The molecular weight excluding hydrogens is 368 g/mol. The lowest BCUT2D eigenvalue weighted by atomic mass is 9.97. The van der Waals surface area contributed by atoms with Gasteiger partial charge in [0.05, 0.1) is 14.2 Å². The number of carbonyl (C=O) groups is 1. The molecule has 1 aliphatic rings. The van der Waals surface area contributed by atoms with Crippen LogP contribution in [0.1, 0.15) is 46.4 Å². The molecule has 0 bridgehead atoms. The molecule has 1 aliphatic heterocycles. The van der Waals surface area contributed by atoms with Crippen LogP contribution in [0.3, 0.4) is 0 Å². The summed E-state index contributed by atoms with van der Waals surface area (Å²) in [5.74, 6) is 1.19. The van der Waals surface area contributed by atoms with Crippen LogP contribution in [0.4, 0.5) is 0 Å². The summed E-state index contributed by atoms with van der Waals surface area (Å²) in [5, 5.41) is 12.9. The molecule has 0 radical (unpaired) electrons. The van der Waals surface area contributed by atoms with E-state index in [-0.39, 0.29) is 23.7 Å². The summed E-state index contributed by atoms with van der Waals surface area (Å²) in [6.07, 6.45) is 0.889. The van der Waals surface area contributed by atoms with Crippen molar-refractivity contribution in [1.82, 2.24) is 10.2 Å². The van der Waals surface area contributed by atoms with Gasteiger partial charge in [-0.25, -0.2) is 0 Å². The number of phenolic OH excluding ortho intramolecular Hbond substituents is 1. The Morgan fingerprint density at radius 2 is 1.93 bits per heavy atom. The Balaban J connectivity index is 1.66. The van der Waals surface area contributed by atoms with Crippen molar-refractivity contribution in [3.8, 4) is 17.2 Å². The van der Waals surface area contributed by atoms with E-state index in [0.29, 0.717) is 11.3 Å². The molecule has 6 nitrogen and oxygen atoms in total. The van der Waals surface area contributed by atoms with Crippen LogP contribution in [0.25, 0.3) is 0 Å². The maximum atomic E-state index is 12.6. The first kappa shape index (κ1) is 21.0. The van der Waals surface area contributed by atoms with E-state index in [1.165, 1.54) is 35.9 Å². The van der Waals surface area contributed by atoms with Gasteiger partial charge in [0, 0.05) is 36.8 Å². The van der Waals surface area contributed by atoms with Gasteiger partial charge >= 0.3 is 0 Å². The van der Waals surface area contributed by atoms with Crippen LogP contribution in [0, 0.1) is 13.8 Å². The first-order valence-corrected chi connectivity index (χ1v) is 9.91. The number of methoxy groups -OCH3 is 2. The zero-order chi connectivity index (χ0) is 21.1. The second-order valence-corrected chi connectivity index (χ2v) is 7.66. The number of rotatable bonds is 6. The summed E-state index contributed by atoms with van der Waals surface area (Å²) in [6.45, 7) is 8.13. The van der Waals surface area contributed by atoms with Gasteiger partial charge in [-0.2, -0.15) is 0 Å². The fraction of sp³-hybridized carbons (Fsp3) is 0.435. The normalized spacial score (nSPS) is 17.8. The van der Waals surface area contributed by atoms with Gasteiger partial charge in [0.25, 0.3) is 5.91 Å². The van der Waals surface area contributed by atoms with E-state index in [4.69, 9.17) is 9.47 Å². The highest BCUT2D eigenvalue weighted by Crippen LogP contribution is 2.32. The topological polar surface area (TPSA) is 71.0 Å². The van der Waals surface area contributed by atoms with Gasteiger partial charge in [0.1, 0.15) is 17.2 Å². The number of aromatic hydroxyl groups is 1. The zero-order valence-electron chi connectivity index (χ0n) is 17.8. The number of amides is 1. The predicted molar refractivity (Wildman–Crippen MR) is 113 cm³/mol. The summed E-state index contributed by atoms with van der Waals surface area (Å²) in [6, 6.07) is 9.05. The van der Waals surface area contributed by atoms with Crippen molar-refractivity contribution >= 4 is 5.91 Å². The van der Waals surface area contributed by atoms with Crippen LogP contribution < -0.4 is 14.8 Å². The van der Waals surface area contributed by atoms with Crippen LogP contribution in [0.2, 0.25) is 0 Å². The highest BCUT2D eigenvalue weighted by atomic mass is 16.5. The minimum Gasteiger partial charge on any atom is -0.508 e. The van der Waals surface area contributed by atoms with Crippen LogP contribution in [0.5, 0.6) is 17.2 Å². The molecule has 0 spiro atoms. The molecule has 2 aromatic carbocycles. The largest absolute Gasteiger partial charge is 0.508 e. The predicted octanol–water partition coefficient (Wildman–Crippen LogP) is 3.59. The van der Waals surface area contributed by atoms with Gasteiger partial charge in [0.2, 0.25) is 0 Å². The third-order valence-corrected chi connectivity index (χ3v) is 5.94. The molecule has 2 atom stereocenters. The molecular formula is C23H30N2O4. The van der Waals surface area contributed by atoms with Gasteiger partial charge in [-0.15, -0.1) is 0 Å². The third kappa shape index (κ3) is 4.48. The number of likely N-dealkylation sites (tertiary alicyclic amines) is 1. The van der Waals surface area contributed by atoms with Crippen LogP contribution in [-0.4, -0.2) is 49.3 Å². The monoisotopic (exact) mass is 398 g/mol. The highest BCUT2D eigenvalue weighted by Gasteiger charge is 2.29. The minimum absolute atomic E-state index is 0.0153. The fourth-order valence-corrected chi connectivity index (χ4v) is 4.05. The van der Waals surface area contributed by atoms with Crippen LogP contribution in [-0.2, 0) is 0 Å². The van der Waals surface area contributed by atoms with Gasteiger partial charge in [-0.1, -0.05) is 6.07 Å². The second kappa shape index (κ2) is 8.74. The highest BCUT2D eigenvalue weighted by molar-refractivity contribution is 5.95. The second-order valence-electron chi connectivity index (χ2n) is 7.66. The first-order chi connectivity index (χ1) is 13.8.